The molecule has 0 aromatic rings. The maximum Gasteiger partial charge on any atom is 0.307 e. The van der Waals surface area contributed by atoms with Crippen LogP contribution in [0.4, 0.5) is 0 Å². The summed E-state index contributed by atoms with van der Waals surface area (Å²) in [5.41, 5.74) is 0. The molecular formula is C14H23NO4. The number of hydrogen-bond donors (Lipinski definition) is 2. The highest BCUT2D eigenvalue weighted by atomic mass is 16.5. The Kier molecular flexibility index (Phi) is 4.80. The van der Waals surface area contributed by atoms with E-state index in [0.29, 0.717) is 25.3 Å². The number of hydrogen-bond acceptors (Lipinski definition) is 3. The molecule has 2 fully saturated rings. The summed E-state index contributed by atoms with van der Waals surface area (Å²) in [4.78, 5) is 23.2. The number of carboxylic acid groups (broad SMARTS) is 1. The second kappa shape index (κ2) is 6.37. The van der Waals surface area contributed by atoms with Gasteiger partial charge in [0.2, 0.25) is 5.91 Å². The van der Waals surface area contributed by atoms with Crippen molar-refractivity contribution in [2.45, 2.75) is 45.1 Å². The van der Waals surface area contributed by atoms with E-state index in [0.717, 1.165) is 25.9 Å². The van der Waals surface area contributed by atoms with Gasteiger partial charge in [-0.3, -0.25) is 9.59 Å². The minimum atomic E-state index is -0.840. The van der Waals surface area contributed by atoms with Crippen LogP contribution in [0.1, 0.15) is 39.0 Å². The first-order chi connectivity index (χ1) is 9.13. The number of carboxylic acids is 1. The van der Waals surface area contributed by atoms with E-state index in [1.807, 2.05) is 0 Å². The molecule has 2 N–H and O–H groups in total. The second-order valence-corrected chi connectivity index (χ2v) is 5.59. The summed E-state index contributed by atoms with van der Waals surface area (Å²) in [6.45, 7) is 3.46. The molecule has 0 spiro atoms. The number of nitrogens with one attached hydrogen (secondary N) is 1. The molecule has 1 heterocycles. The molecule has 1 amide bonds. The van der Waals surface area contributed by atoms with E-state index < -0.39 is 11.9 Å². The minimum absolute atomic E-state index is 0.0911. The van der Waals surface area contributed by atoms with Gasteiger partial charge in [-0.15, -0.1) is 0 Å². The lowest BCUT2D eigenvalue weighted by Gasteiger charge is -2.20. The van der Waals surface area contributed by atoms with Crippen LogP contribution >= 0.6 is 0 Å². The van der Waals surface area contributed by atoms with Gasteiger partial charge in [0.05, 0.1) is 17.9 Å². The van der Waals surface area contributed by atoms with Gasteiger partial charge < -0.3 is 15.2 Å². The van der Waals surface area contributed by atoms with Crippen molar-refractivity contribution >= 4 is 11.9 Å². The maximum atomic E-state index is 12.1. The van der Waals surface area contributed by atoms with Gasteiger partial charge in [0.1, 0.15) is 0 Å². The molecule has 19 heavy (non-hydrogen) atoms. The van der Waals surface area contributed by atoms with E-state index in [-0.39, 0.29) is 17.9 Å². The molecule has 2 aliphatic rings. The van der Waals surface area contributed by atoms with Crippen molar-refractivity contribution in [3.05, 3.63) is 0 Å². The summed E-state index contributed by atoms with van der Waals surface area (Å²) >= 11 is 0. The van der Waals surface area contributed by atoms with Gasteiger partial charge in [-0.05, 0) is 25.7 Å². The second-order valence-electron chi connectivity index (χ2n) is 5.59. The van der Waals surface area contributed by atoms with E-state index in [1.54, 1.807) is 0 Å². The largest absolute Gasteiger partial charge is 0.481 e. The molecule has 108 valence electrons. The molecule has 0 bridgehead atoms. The molecule has 0 radical (unpaired) electrons. The van der Waals surface area contributed by atoms with Gasteiger partial charge in [0.25, 0.3) is 0 Å². The zero-order valence-corrected chi connectivity index (χ0v) is 11.4. The average Bonchev–Trinajstić information content (AvgIpc) is 3.04. The first-order valence-corrected chi connectivity index (χ1v) is 7.25. The normalized spacial score (nSPS) is 34.4. The van der Waals surface area contributed by atoms with Gasteiger partial charge >= 0.3 is 5.97 Å². The fourth-order valence-corrected chi connectivity index (χ4v) is 3.31. The molecule has 1 aliphatic heterocycles. The van der Waals surface area contributed by atoms with Crippen LogP contribution in [0.5, 0.6) is 0 Å². The summed E-state index contributed by atoms with van der Waals surface area (Å²) in [5, 5.41) is 12.0. The van der Waals surface area contributed by atoms with Gasteiger partial charge in [-0.2, -0.15) is 0 Å². The van der Waals surface area contributed by atoms with Crippen molar-refractivity contribution in [2.24, 2.45) is 17.8 Å². The quantitative estimate of drug-likeness (QED) is 0.791. The van der Waals surface area contributed by atoms with E-state index in [2.05, 4.69) is 12.2 Å². The molecule has 0 aromatic heterocycles. The Hall–Kier alpha value is -1.10. The number of ether oxygens (including phenoxy) is 1. The number of carbonyl (C=O) groups excluding carboxylic acids is 1. The molecule has 0 aromatic carbocycles. The number of amides is 1. The Morgan fingerprint density at radius 1 is 1.26 bits per heavy atom. The molecule has 2 rings (SSSR count). The average molecular weight is 269 g/mol. The van der Waals surface area contributed by atoms with Crippen LogP contribution in [-0.2, 0) is 14.3 Å². The minimum Gasteiger partial charge on any atom is -0.481 e. The molecule has 4 atom stereocenters. The third-order valence-corrected chi connectivity index (χ3v) is 4.46. The Morgan fingerprint density at radius 3 is 2.68 bits per heavy atom. The SMILES string of the molecule is CCC1OCCC1CNC(=O)[C@@H]1CCC[C@@H]1C(=O)O. The van der Waals surface area contributed by atoms with E-state index in [1.165, 1.54) is 0 Å². The van der Waals surface area contributed by atoms with Gasteiger partial charge in [0, 0.05) is 19.1 Å². The van der Waals surface area contributed by atoms with Gasteiger partial charge in [-0.25, -0.2) is 0 Å². The van der Waals surface area contributed by atoms with E-state index in [9.17, 15) is 9.59 Å². The number of carbonyl (C=O) groups is 2. The zero-order chi connectivity index (χ0) is 13.8. The summed E-state index contributed by atoms with van der Waals surface area (Å²) in [5.74, 6) is -1.40. The molecule has 1 saturated heterocycles. The topological polar surface area (TPSA) is 75.6 Å². The Bertz CT molecular complexity index is 344. The van der Waals surface area contributed by atoms with Crippen LogP contribution in [0.3, 0.4) is 0 Å². The summed E-state index contributed by atoms with van der Waals surface area (Å²) < 4.78 is 5.59. The monoisotopic (exact) mass is 269 g/mol. The Balaban J connectivity index is 1.82. The lowest BCUT2D eigenvalue weighted by atomic mass is 9.94. The maximum absolute atomic E-state index is 12.1. The highest BCUT2D eigenvalue weighted by molar-refractivity contribution is 5.85. The van der Waals surface area contributed by atoms with Crippen LogP contribution in [0.25, 0.3) is 0 Å². The summed E-state index contributed by atoms with van der Waals surface area (Å²) in [6, 6.07) is 0. The molecule has 5 heteroatoms. The van der Waals surface area contributed by atoms with Gasteiger partial charge in [-0.1, -0.05) is 13.3 Å². The number of aliphatic carboxylic acids is 1. The van der Waals surface area contributed by atoms with Crippen LogP contribution in [0.2, 0.25) is 0 Å². The summed E-state index contributed by atoms with van der Waals surface area (Å²) in [6.07, 6.45) is 4.32. The van der Waals surface area contributed by atoms with Crippen molar-refractivity contribution in [1.29, 1.82) is 0 Å². The van der Waals surface area contributed by atoms with Crippen LogP contribution in [0.15, 0.2) is 0 Å². The van der Waals surface area contributed by atoms with Crippen LogP contribution in [0, 0.1) is 17.8 Å². The zero-order valence-electron chi connectivity index (χ0n) is 11.4. The van der Waals surface area contributed by atoms with Crippen molar-refractivity contribution < 1.29 is 19.4 Å². The van der Waals surface area contributed by atoms with Gasteiger partial charge in [0.15, 0.2) is 0 Å². The lowest BCUT2D eigenvalue weighted by molar-refractivity contribution is -0.146. The molecule has 1 saturated carbocycles. The lowest BCUT2D eigenvalue weighted by Crippen LogP contribution is -2.39. The Labute approximate surface area is 113 Å². The fraction of sp³-hybridized carbons (Fsp3) is 0.857. The van der Waals surface area contributed by atoms with Crippen molar-refractivity contribution in [2.75, 3.05) is 13.2 Å². The first kappa shape index (κ1) is 14.3. The fourth-order valence-electron chi connectivity index (χ4n) is 3.31. The predicted octanol–water partition coefficient (Wildman–Crippen LogP) is 1.42. The molecule has 5 nitrogen and oxygen atoms in total. The number of rotatable bonds is 5. The van der Waals surface area contributed by atoms with Crippen molar-refractivity contribution in [1.82, 2.24) is 5.32 Å². The van der Waals surface area contributed by atoms with Crippen molar-refractivity contribution in [3.8, 4) is 0 Å². The highest BCUT2D eigenvalue weighted by Crippen LogP contribution is 2.32. The van der Waals surface area contributed by atoms with Crippen LogP contribution in [-0.4, -0.2) is 36.2 Å². The Morgan fingerprint density at radius 2 is 2.00 bits per heavy atom. The third kappa shape index (κ3) is 3.26. The molecule has 2 unspecified atom stereocenters. The summed E-state index contributed by atoms with van der Waals surface area (Å²) in [7, 11) is 0. The smallest absolute Gasteiger partial charge is 0.307 e. The van der Waals surface area contributed by atoms with E-state index in [4.69, 9.17) is 9.84 Å². The first-order valence-electron chi connectivity index (χ1n) is 7.25. The third-order valence-electron chi connectivity index (χ3n) is 4.46. The standard InChI is InChI=1S/C14H23NO4/c1-2-12-9(6-7-19-12)8-15-13(16)10-4-3-5-11(10)14(17)18/h9-12H,2-8H2,1H3,(H,15,16)(H,17,18)/t9?,10-,11+,12?/m1/s1. The van der Waals surface area contributed by atoms with Crippen molar-refractivity contribution in [3.63, 3.8) is 0 Å². The molecular weight excluding hydrogens is 246 g/mol. The van der Waals surface area contributed by atoms with Crippen LogP contribution < -0.4 is 5.32 Å². The highest BCUT2D eigenvalue weighted by Gasteiger charge is 2.38. The molecule has 1 aliphatic carbocycles. The van der Waals surface area contributed by atoms with E-state index >= 15 is 0 Å². The predicted molar refractivity (Wildman–Crippen MR) is 69.6 cm³/mol.